The van der Waals surface area contributed by atoms with Crippen molar-refractivity contribution in [2.24, 2.45) is 0 Å². The Balaban J connectivity index is 1.49. The number of hydrogen-bond donors (Lipinski definition) is 1. The van der Waals surface area contributed by atoms with E-state index in [1.807, 2.05) is 30.3 Å². The van der Waals surface area contributed by atoms with Gasteiger partial charge in [-0.3, -0.25) is 19.3 Å². The van der Waals surface area contributed by atoms with Crippen LogP contribution in [0.1, 0.15) is 27.2 Å². The van der Waals surface area contributed by atoms with Gasteiger partial charge in [0.05, 0.1) is 0 Å². The standard InChI is InChI=1S/C21H28N4O5/c1-4-21(3)19(28)25(20(29)22-21)14-17(26)30-15(2)18(27)24-12-10-23(11-13-24)16-8-6-5-7-9-16/h5-9,15H,4,10-14H2,1-3H3,(H,22,29)/t15-,21+/m0/s1. The fourth-order valence-corrected chi connectivity index (χ4v) is 3.63. The number of benzene rings is 1. The first-order valence-corrected chi connectivity index (χ1v) is 10.2. The third kappa shape index (κ3) is 4.39. The number of urea groups is 1. The summed E-state index contributed by atoms with van der Waals surface area (Å²) in [7, 11) is 0. The molecule has 9 heteroatoms. The zero-order valence-electron chi connectivity index (χ0n) is 17.6. The van der Waals surface area contributed by atoms with E-state index in [0.717, 1.165) is 10.6 Å². The normalized spacial score (nSPS) is 22.7. The molecule has 2 fully saturated rings. The van der Waals surface area contributed by atoms with Gasteiger partial charge < -0.3 is 19.9 Å². The molecule has 4 amide bonds. The number of carbonyl (C=O) groups excluding carboxylic acids is 4. The molecule has 0 radical (unpaired) electrons. The van der Waals surface area contributed by atoms with Gasteiger partial charge in [-0.05, 0) is 32.4 Å². The van der Waals surface area contributed by atoms with E-state index < -0.39 is 36.1 Å². The lowest BCUT2D eigenvalue weighted by atomic mass is 9.99. The van der Waals surface area contributed by atoms with Crippen molar-refractivity contribution in [2.75, 3.05) is 37.6 Å². The highest BCUT2D eigenvalue weighted by Gasteiger charge is 2.47. The molecular formula is C21H28N4O5. The average Bonchev–Trinajstić information content (AvgIpc) is 2.97. The Kier molecular flexibility index (Phi) is 6.28. The first kappa shape index (κ1) is 21.6. The summed E-state index contributed by atoms with van der Waals surface area (Å²) in [6, 6.07) is 9.34. The lowest BCUT2D eigenvalue weighted by Crippen LogP contribution is -2.52. The second kappa shape index (κ2) is 8.73. The molecular weight excluding hydrogens is 388 g/mol. The molecule has 0 bridgehead atoms. The number of para-hydroxylation sites is 1. The van der Waals surface area contributed by atoms with E-state index in [-0.39, 0.29) is 5.91 Å². The number of imide groups is 1. The topological polar surface area (TPSA) is 99.3 Å². The number of nitrogens with zero attached hydrogens (tertiary/aromatic N) is 3. The minimum Gasteiger partial charge on any atom is -0.451 e. The quantitative estimate of drug-likeness (QED) is 0.548. The van der Waals surface area contributed by atoms with Gasteiger partial charge in [-0.2, -0.15) is 0 Å². The fraction of sp³-hybridized carbons (Fsp3) is 0.524. The highest BCUT2D eigenvalue weighted by atomic mass is 16.5. The monoisotopic (exact) mass is 416 g/mol. The number of hydrogen-bond acceptors (Lipinski definition) is 6. The smallest absolute Gasteiger partial charge is 0.327 e. The maximum absolute atomic E-state index is 12.7. The molecule has 0 aliphatic carbocycles. The third-order valence-electron chi connectivity index (χ3n) is 5.71. The molecule has 0 unspecified atom stereocenters. The predicted octanol–water partition coefficient (Wildman–Crippen LogP) is 0.987. The van der Waals surface area contributed by atoms with Crippen LogP contribution >= 0.6 is 0 Å². The van der Waals surface area contributed by atoms with Crippen LogP contribution in [0.5, 0.6) is 0 Å². The van der Waals surface area contributed by atoms with Crippen LogP contribution in [0, 0.1) is 0 Å². The maximum Gasteiger partial charge on any atom is 0.327 e. The summed E-state index contributed by atoms with van der Waals surface area (Å²) in [5.74, 6) is -1.54. The van der Waals surface area contributed by atoms with Crippen molar-refractivity contribution in [2.45, 2.75) is 38.8 Å². The first-order valence-electron chi connectivity index (χ1n) is 10.2. The van der Waals surface area contributed by atoms with Gasteiger partial charge >= 0.3 is 12.0 Å². The number of anilines is 1. The van der Waals surface area contributed by atoms with E-state index in [1.165, 1.54) is 6.92 Å². The van der Waals surface area contributed by atoms with Crippen molar-refractivity contribution < 1.29 is 23.9 Å². The second-order valence-electron chi connectivity index (χ2n) is 7.79. The Morgan fingerprint density at radius 3 is 2.33 bits per heavy atom. The highest BCUT2D eigenvalue weighted by molar-refractivity contribution is 6.08. The Bertz CT molecular complexity index is 822. The predicted molar refractivity (Wildman–Crippen MR) is 110 cm³/mol. The summed E-state index contributed by atoms with van der Waals surface area (Å²) < 4.78 is 5.22. The van der Waals surface area contributed by atoms with Gasteiger partial charge in [0.2, 0.25) is 0 Å². The molecule has 162 valence electrons. The number of nitrogens with one attached hydrogen (secondary N) is 1. The zero-order chi connectivity index (χ0) is 21.9. The van der Waals surface area contributed by atoms with Gasteiger partial charge in [0.15, 0.2) is 6.10 Å². The third-order valence-corrected chi connectivity index (χ3v) is 5.71. The molecule has 1 aromatic rings. The number of amides is 4. The van der Waals surface area contributed by atoms with Crippen molar-refractivity contribution in [1.29, 1.82) is 0 Å². The van der Waals surface area contributed by atoms with Gasteiger partial charge in [0.25, 0.3) is 11.8 Å². The number of carbonyl (C=O) groups is 4. The van der Waals surface area contributed by atoms with Gasteiger partial charge in [-0.15, -0.1) is 0 Å². The van der Waals surface area contributed by atoms with Crippen molar-refractivity contribution >= 4 is 29.5 Å². The fourth-order valence-electron chi connectivity index (χ4n) is 3.63. The van der Waals surface area contributed by atoms with Crippen molar-refractivity contribution in [3.05, 3.63) is 30.3 Å². The summed E-state index contributed by atoms with van der Waals surface area (Å²) in [5.41, 5.74) is 0.0914. The molecule has 2 saturated heterocycles. The largest absolute Gasteiger partial charge is 0.451 e. The molecule has 2 atom stereocenters. The first-order chi connectivity index (χ1) is 14.2. The number of esters is 1. The molecule has 0 spiro atoms. The molecule has 3 rings (SSSR count). The molecule has 1 N–H and O–H groups in total. The molecule has 0 saturated carbocycles. The van der Waals surface area contributed by atoms with Crippen LogP contribution in [0.15, 0.2) is 30.3 Å². The molecule has 0 aromatic heterocycles. The Labute approximate surface area is 175 Å². The molecule has 2 aliphatic heterocycles. The van der Waals surface area contributed by atoms with Crippen molar-refractivity contribution in [3.63, 3.8) is 0 Å². The van der Waals surface area contributed by atoms with Crippen LogP contribution in [0.2, 0.25) is 0 Å². The van der Waals surface area contributed by atoms with Crippen LogP contribution in [-0.4, -0.2) is 78.0 Å². The van der Waals surface area contributed by atoms with E-state index in [0.29, 0.717) is 32.6 Å². The Hall–Kier alpha value is -3.10. The minimum atomic E-state index is -1.02. The number of rotatable bonds is 6. The average molecular weight is 416 g/mol. The van der Waals surface area contributed by atoms with Gasteiger partial charge in [-0.25, -0.2) is 4.79 Å². The van der Waals surface area contributed by atoms with Crippen LogP contribution in [0.25, 0.3) is 0 Å². The summed E-state index contributed by atoms with van der Waals surface area (Å²) in [4.78, 5) is 54.0. The van der Waals surface area contributed by atoms with E-state index >= 15 is 0 Å². The van der Waals surface area contributed by atoms with Crippen LogP contribution in [0.4, 0.5) is 10.5 Å². The summed E-state index contributed by atoms with van der Waals surface area (Å²) in [5, 5.41) is 2.58. The highest BCUT2D eigenvalue weighted by Crippen LogP contribution is 2.21. The summed E-state index contributed by atoms with van der Waals surface area (Å²) >= 11 is 0. The van der Waals surface area contributed by atoms with E-state index in [1.54, 1.807) is 18.7 Å². The van der Waals surface area contributed by atoms with Crippen LogP contribution in [-0.2, 0) is 19.1 Å². The van der Waals surface area contributed by atoms with Crippen molar-refractivity contribution in [1.82, 2.24) is 15.1 Å². The number of piperazine rings is 1. The van der Waals surface area contributed by atoms with Gasteiger partial charge in [-0.1, -0.05) is 25.1 Å². The molecule has 9 nitrogen and oxygen atoms in total. The van der Waals surface area contributed by atoms with Crippen molar-refractivity contribution in [3.8, 4) is 0 Å². The van der Waals surface area contributed by atoms with Crippen LogP contribution in [0.3, 0.4) is 0 Å². The molecule has 1 aromatic carbocycles. The van der Waals surface area contributed by atoms with Gasteiger partial charge in [0, 0.05) is 31.9 Å². The van der Waals surface area contributed by atoms with Crippen LogP contribution < -0.4 is 10.2 Å². The Morgan fingerprint density at radius 2 is 1.77 bits per heavy atom. The SMILES string of the molecule is CC[C@@]1(C)NC(=O)N(CC(=O)O[C@@H](C)C(=O)N2CCN(c3ccccc3)CC2)C1=O. The zero-order valence-corrected chi connectivity index (χ0v) is 17.6. The second-order valence-corrected chi connectivity index (χ2v) is 7.79. The van der Waals surface area contributed by atoms with E-state index in [9.17, 15) is 19.2 Å². The maximum atomic E-state index is 12.7. The summed E-state index contributed by atoms with van der Waals surface area (Å²) in [6.07, 6.45) is -0.577. The van der Waals surface area contributed by atoms with E-state index in [2.05, 4.69) is 10.2 Å². The van der Waals surface area contributed by atoms with Gasteiger partial charge in [0.1, 0.15) is 12.1 Å². The molecule has 30 heavy (non-hydrogen) atoms. The van der Waals surface area contributed by atoms with E-state index in [4.69, 9.17) is 4.74 Å². The Morgan fingerprint density at radius 1 is 1.13 bits per heavy atom. The number of ether oxygens (including phenoxy) is 1. The minimum absolute atomic E-state index is 0.286. The lowest BCUT2D eigenvalue weighted by Gasteiger charge is -2.37. The summed E-state index contributed by atoms with van der Waals surface area (Å²) in [6.45, 7) is 6.81. The lowest BCUT2D eigenvalue weighted by molar-refractivity contribution is -0.160. The molecule has 2 aliphatic rings. The molecule has 2 heterocycles.